The molecule has 0 saturated carbocycles. The summed E-state index contributed by atoms with van der Waals surface area (Å²) in [5.74, 6) is -1.43. The molecule has 0 N–H and O–H groups in total. The highest BCUT2D eigenvalue weighted by Crippen LogP contribution is 2.22. The number of hydrogen-bond acceptors (Lipinski definition) is 3. The van der Waals surface area contributed by atoms with Crippen molar-refractivity contribution in [2.24, 2.45) is 0 Å². The van der Waals surface area contributed by atoms with Crippen molar-refractivity contribution in [3.8, 4) is 0 Å². The Hall–Kier alpha value is -2.81. The van der Waals surface area contributed by atoms with Crippen molar-refractivity contribution in [1.29, 1.82) is 0 Å². The highest BCUT2D eigenvalue weighted by Gasteiger charge is 2.28. The second-order valence-electron chi connectivity index (χ2n) is 6.78. The van der Waals surface area contributed by atoms with Crippen LogP contribution in [0.15, 0.2) is 77.7 Å². The Morgan fingerprint density at radius 1 is 0.871 bits per heavy atom. The maximum atomic E-state index is 13.3. The maximum Gasteiger partial charge on any atom is 0.243 e. The number of sulfonamides is 1. The second-order valence-corrected chi connectivity index (χ2v) is 9.16. The molecule has 162 valence electrons. The van der Waals surface area contributed by atoms with Crippen molar-refractivity contribution in [3.63, 3.8) is 0 Å². The van der Waals surface area contributed by atoms with E-state index < -0.39 is 34.1 Å². The van der Waals surface area contributed by atoms with Gasteiger partial charge in [-0.05, 0) is 66.2 Å². The molecule has 9 heteroatoms. The fourth-order valence-corrected chi connectivity index (χ4v) is 4.34. The van der Waals surface area contributed by atoms with Gasteiger partial charge in [0.25, 0.3) is 0 Å². The van der Waals surface area contributed by atoms with Crippen molar-refractivity contribution >= 4 is 33.2 Å². The SMILES string of the molecule is CN(C(=O)CN(Cc1ccc(F)cc1)S(=O)(=O)c1ccc(Cl)cc1)c1ccc(F)cc1. The molecule has 0 aromatic heterocycles. The number of carbonyl (C=O) groups is 1. The van der Waals surface area contributed by atoms with Gasteiger partial charge in [0.15, 0.2) is 0 Å². The first-order valence-electron chi connectivity index (χ1n) is 9.19. The lowest BCUT2D eigenvalue weighted by molar-refractivity contribution is -0.118. The van der Waals surface area contributed by atoms with Gasteiger partial charge >= 0.3 is 0 Å². The van der Waals surface area contributed by atoms with Crippen LogP contribution in [0.25, 0.3) is 0 Å². The number of amides is 1. The third kappa shape index (κ3) is 5.66. The van der Waals surface area contributed by atoms with E-state index in [1.54, 1.807) is 0 Å². The van der Waals surface area contributed by atoms with Gasteiger partial charge in [-0.3, -0.25) is 4.79 Å². The molecule has 1 amide bonds. The second kappa shape index (κ2) is 9.55. The molecule has 0 aliphatic carbocycles. The van der Waals surface area contributed by atoms with Crippen molar-refractivity contribution in [3.05, 3.63) is 95.0 Å². The molecule has 3 rings (SSSR count). The topological polar surface area (TPSA) is 57.7 Å². The summed E-state index contributed by atoms with van der Waals surface area (Å²) in [4.78, 5) is 14.1. The largest absolute Gasteiger partial charge is 0.314 e. The van der Waals surface area contributed by atoms with Crippen LogP contribution in [0.4, 0.5) is 14.5 Å². The number of benzene rings is 3. The molecule has 0 bridgehead atoms. The van der Waals surface area contributed by atoms with Gasteiger partial charge in [-0.25, -0.2) is 17.2 Å². The molecule has 0 radical (unpaired) electrons. The number of anilines is 1. The molecule has 0 fully saturated rings. The summed E-state index contributed by atoms with van der Waals surface area (Å²) >= 11 is 5.86. The Kier molecular flexibility index (Phi) is 7.04. The van der Waals surface area contributed by atoms with Crippen LogP contribution in [0.5, 0.6) is 0 Å². The average molecular weight is 465 g/mol. The lowest BCUT2D eigenvalue weighted by Gasteiger charge is -2.25. The van der Waals surface area contributed by atoms with Gasteiger partial charge in [-0.2, -0.15) is 4.31 Å². The smallest absolute Gasteiger partial charge is 0.243 e. The molecule has 0 unspecified atom stereocenters. The quantitative estimate of drug-likeness (QED) is 0.518. The maximum absolute atomic E-state index is 13.3. The van der Waals surface area contributed by atoms with Crippen LogP contribution in [0.3, 0.4) is 0 Å². The number of rotatable bonds is 7. The molecule has 3 aromatic rings. The van der Waals surface area contributed by atoms with Crippen LogP contribution in [-0.2, 0) is 21.4 Å². The fraction of sp³-hybridized carbons (Fsp3) is 0.136. The first-order valence-corrected chi connectivity index (χ1v) is 11.0. The summed E-state index contributed by atoms with van der Waals surface area (Å²) in [6.45, 7) is -0.621. The zero-order valence-corrected chi connectivity index (χ0v) is 18.1. The summed E-state index contributed by atoms with van der Waals surface area (Å²) in [6.07, 6.45) is 0. The van der Waals surface area contributed by atoms with E-state index in [4.69, 9.17) is 11.6 Å². The monoisotopic (exact) mass is 464 g/mol. The van der Waals surface area contributed by atoms with E-state index in [2.05, 4.69) is 0 Å². The van der Waals surface area contributed by atoms with Crippen molar-refractivity contribution < 1.29 is 22.0 Å². The van der Waals surface area contributed by atoms with Crippen LogP contribution in [-0.4, -0.2) is 32.2 Å². The van der Waals surface area contributed by atoms with Gasteiger partial charge in [-0.1, -0.05) is 23.7 Å². The minimum atomic E-state index is -4.07. The van der Waals surface area contributed by atoms with Crippen molar-refractivity contribution in [1.82, 2.24) is 4.31 Å². The molecule has 0 atom stereocenters. The standard InChI is InChI=1S/C22H19ClF2N2O3S/c1-26(20-10-8-19(25)9-11-20)22(28)15-27(14-16-2-6-18(24)7-3-16)31(29,30)21-12-4-17(23)5-13-21/h2-13H,14-15H2,1H3. The summed E-state index contributed by atoms with van der Waals surface area (Å²) in [5.41, 5.74) is 0.924. The van der Waals surface area contributed by atoms with E-state index in [1.165, 1.54) is 84.7 Å². The zero-order valence-electron chi connectivity index (χ0n) is 16.5. The Morgan fingerprint density at radius 3 is 1.94 bits per heavy atom. The van der Waals surface area contributed by atoms with Gasteiger partial charge in [0.2, 0.25) is 15.9 Å². The third-order valence-electron chi connectivity index (χ3n) is 4.62. The van der Waals surface area contributed by atoms with Crippen LogP contribution < -0.4 is 4.90 Å². The lowest BCUT2D eigenvalue weighted by atomic mass is 10.2. The minimum Gasteiger partial charge on any atom is -0.314 e. The lowest BCUT2D eigenvalue weighted by Crippen LogP contribution is -2.41. The molecule has 0 heterocycles. The first-order chi connectivity index (χ1) is 14.7. The van der Waals surface area contributed by atoms with E-state index in [9.17, 15) is 22.0 Å². The fourth-order valence-electron chi connectivity index (χ4n) is 2.84. The van der Waals surface area contributed by atoms with E-state index >= 15 is 0 Å². The normalized spacial score (nSPS) is 11.5. The minimum absolute atomic E-state index is 0.0313. The number of hydrogen-bond donors (Lipinski definition) is 0. The molecular weight excluding hydrogens is 446 g/mol. The van der Waals surface area contributed by atoms with Gasteiger partial charge in [0.05, 0.1) is 11.4 Å². The van der Waals surface area contributed by atoms with Crippen molar-refractivity contribution in [2.45, 2.75) is 11.4 Å². The Labute approximate surface area is 184 Å². The summed E-state index contributed by atoms with van der Waals surface area (Å²) < 4.78 is 53.9. The van der Waals surface area contributed by atoms with Crippen LogP contribution in [0.2, 0.25) is 5.02 Å². The van der Waals surface area contributed by atoms with Crippen LogP contribution >= 0.6 is 11.6 Å². The van der Waals surface area contributed by atoms with Gasteiger partial charge in [0, 0.05) is 24.3 Å². The molecule has 5 nitrogen and oxygen atoms in total. The predicted molar refractivity (Wildman–Crippen MR) is 115 cm³/mol. The van der Waals surface area contributed by atoms with Crippen LogP contribution in [0.1, 0.15) is 5.56 Å². The number of nitrogens with zero attached hydrogens (tertiary/aromatic N) is 2. The van der Waals surface area contributed by atoms with E-state index in [0.717, 1.165) is 4.31 Å². The molecule has 0 saturated heterocycles. The predicted octanol–water partition coefficient (Wildman–Crippen LogP) is 4.47. The summed E-state index contributed by atoms with van der Waals surface area (Å²) in [7, 11) is -2.60. The zero-order chi connectivity index (χ0) is 22.6. The van der Waals surface area contributed by atoms with Gasteiger partial charge in [0.1, 0.15) is 11.6 Å². The Balaban J connectivity index is 1.90. The van der Waals surface area contributed by atoms with E-state index in [0.29, 0.717) is 16.3 Å². The number of halogens is 3. The average Bonchev–Trinajstić information content (AvgIpc) is 2.75. The summed E-state index contributed by atoms with van der Waals surface area (Å²) in [6, 6.07) is 16.2. The van der Waals surface area contributed by atoms with Crippen LogP contribution in [0, 0.1) is 11.6 Å². The Bertz CT molecular complexity index is 1150. The highest BCUT2D eigenvalue weighted by atomic mass is 35.5. The highest BCUT2D eigenvalue weighted by molar-refractivity contribution is 7.89. The third-order valence-corrected chi connectivity index (χ3v) is 6.68. The van der Waals surface area contributed by atoms with Crippen molar-refractivity contribution in [2.75, 3.05) is 18.5 Å². The number of likely N-dealkylation sites (N-methyl/N-ethyl adjacent to an activating group) is 1. The van der Waals surface area contributed by atoms with Gasteiger partial charge < -0.3 is 4.90 Å². The molecule has 0 aliphatic rings. The molecule has 3 aromatic carbocycles. The van der Waals surface area contributed by atoms with E-state index in [1.807, 2.05) is 0 Å². The molecule has 0 spiro atoms. The Morgan fingerprint density at radius 2 is 1.39 bits per heavy atom. The molecule has 31 heavy (non-hydrogen) atoms. The molecule has 0 aliphatic heterocycles. The summed E-state index contributed by atoms with van der Waals surface area (Å²) in [5, 5.41) is 0.371. The first kappa shape index (κ1) is 22.9. The van der Waals surface area contributed by atoms with Gasteiger partial charge in [-0.15, -0.1) is 0 Å². The molecular formula is C22H19ClF2N2O3S. The van der Waals surface area contributed by atoms with E-state index in [-0.39, 0.29) is 11.4 Å². The number of carbonyl (C=O) groups excluding carboxylic acids is 1.